The molecular formula is C8H4Cl2N. The first-order chi connectivity index (χ1) is 5.15. The van der Waals surface area contributed by atoms with Crippen molar-refractivity contribution in [2.45, 2.75) is 0 Å². The molecule has 0 spiro atoms. The van der Waals surface area contributed by atoms with Gasteiger partial charge in [-0.05, 0) is 24.6 Å². The molecule has 0 aliphatic heterocycles. The molecule has 55 valence electrons. The Balaban J connectivity index is 3.40. The van der Waals surface area contributed by atoms with Crippen molar-refractivity contribution in [1.29, 1.82) is 5.26 Å². The third kappa shape index (κ3) is 1.65. The van der Waals surface area contributed by atoms with Gasteiger partial charge in [0.05, 0.1) is 10.6 Å². The van der Waals surface area contributed by atoms with Crippen molar-refractivity contribution in [3.8, 4) is 6.07 Å². The van der Waals surface area contributed by atoms with Crippen LogP contribution in [0.3, 0.4) is 0 Å². The molecule has 3 heteroatoms. The third-order valence-electron chi connectivity index (χ3n) is 1.25. The van der Waals surface area contributed by atoms with Crippen LogP contribution in [-0.2, 0) is 0 Å². The van der Waals surface area contributed by atoms with E-state index in [1.165, 1.54) is 6.07 Å². The van der Waals surface area contributed by atoms with Crippen molar-refractivity contribution in [2.75, 3.05) is 0 Å². The maximum Gasteiger partial charge on any atom is 0.101 e. The van der Waals surface area contributed by atoms with E-state index >= 15 is 0 Å². The molecule has 1 radical (unpaired) electrons. The van der Waals surface area contributed by atoms with Crippen LogP contribution in [0.5, 0.6) is 0 Å². The molecule has 0 heterocycles. The lowest BCUT2D eigenvalue weighted by molar-refractivity contribution is 1.46. The van der Waals surface area contributed by atoms with Gasteiger partial charge in [-0.25, -0.2) is 0 Å². The fourth-order valence-electron chi connectivity index (χ4n) is 0.752. The van der Waals surface area contributed by atoms with Crippen LogP contribution in [0, 0.1) is 18.3 Å². The van der Waals surface area contributed by atoms with Gasteiger partial charge in [0.25, 0.3) is 0 Å². The molecule has 0 unspecified atom stereocenters. The Morgan fingerprint density at radius 1 is 1.36 bits per heavy atom. The number of hydrogen-bond acceptors (Lipinski definition) is 1. The van der Waals surface area contributed by atoms with Crippen LogP contribution in [0.1, 0.15) is 11.1 Å². The first-order valence-electron chi connectivity index (χ1n) is 2.86. The minimum Gasteiger partial charge on any atom is -0.192 e. The van der Waals surface area contributed by atoms with Crippen LogP contribution >= 0.6 is 23.2 Å². The zero-order valence-corrected chi connectivity index (χ0v) is 7.08. The molecule has 0 bridgehead atoms. The highest BCUT2D eigenvalue weighted by atomic mass is 35.5. The lowest BCUT2D eigenvalue weighted by Crippen LogP contribution is -1.83. The number of rotatable bonds is 0. The topological polar surface area (TPSA) is 23.8 Å². The summed E-state index contributed by atoms with van der Waals surface area (Å²) in [6, 6.07) is 5.06. The smallest absolute Gasteiger partial charge is 0.101 e. The van der Waals surface area contributed by atoms with Gasteiger partial charge in [-0.3, -0.25) is 0 Å². The van der Waals surface area contributed by atoms with Crippen LogP contribution < -0.4 is 0 Å². The summed E-state index contributed by atoms with van der Waals surface area (Å²) in [7, 11) is 0. The van der Waals surface area contributed by atoms with Crippen molar-refractivity contribution in [3.63, 3.8) is 0 Å². The Morgan fingerprint density at radius 3 is 2.45 bits per heavy atom. The molecular weight excluding hydrogens is 181 g/mol. The summed E-state index contributed by atoms with van der Waals surface area (Å²) in [6.07, 6.45) is 0. The molecule has 1 aromatic carbocycles. The van der Waals surface area contributed by atoms with E-state index in [0.29, 0.717) is 21.2 Å². The number of hydrogen-bond donors (Lipinski definition) is 0. The maximum atomic E-state index is 8.57. The number of benzene rings is 1. The molecule has 0 saturated heterocycles. The van der Waals surface area contributed by atoms with Crippen LogP contribution in [0.4, 0.5) is 0 Å². The van der Waals surface area contributed by atoms with Gasteiger partial charge in [0.1, 0.15) is 6.07 Å². The van der Waals surface area contributed by atoms with E-state index in [4.69, 9.17) is 28.5 Å². The molecule has 0 aromatic heterocycles. The standard InChI is InChI=1S/C8H4Cl2N/c1-5-2-6(9)3-8(10)7(5)4-11/h2-3H,1H2. The van der Waals surface area contributed by atoms with Crippen molar-refractivity contribution in [2.24, 2.45) is 0 Å². The minimum absolute atomic E-state index is 0.352. The Bertz CT molecular complexity index is 302. The molecule has 0 aliphatic carbocycles. The van der Waals surface area contributed by atoms with E-state index in [2.05, 4.69) is 6.92 Å². The van der Waals surface area contributed by atoms with Crippen LogP contribution in [0.2, 0.25) is 10.0 Å². The quantitative estimate of drug-likeness (QED) is 0.609. The van der Waals surface area contributed by atoms with Crippen LogP contribution in [0.25, 0.3) is 0 Å². The van der Waals surface area contributed by atoms with Crippen molar-refractivity contribution >= 4 is 23.2 Å². The highest BCUT2D eigenvalue weighted by Crippen LogP contribution is 2.23. The molecule has 0 saturated carbocycles. The van der Waals surface area contributed by atoms with Crippen molar-refractivity contribution in [1.82, 2.24) is 0 Å². The third-order valence-corrected chi connectivity index (χ3v) is 1.76. The average molecular weight is 185 g/mol. The van der Waals surface area contributed by atoms with E-state index in [1.807, 2.05) is 6.07 Å². The second-order valence-corrected chi connectivity index (χ2v) is 2.88. The Hall–Kier alpha value is -0.710. The largest absolute Gasteiger partial charge is 0.192 e. The summed E-state index contributed by atoms with van der Waals surface area (Å²) < 4.78 is 0. The van der Waals surface area contributed by atoms with E-state index in [1.54, 1.807) is 6.07 Å². The first-order valence-corrected chi connectivity index (χ1v) is 3.62. The predicted octanol–water partition coefficient (Wildman–Crippen LogP) is 3.05. The Labute approximate surface area is 75.2 Å². The molecule has 1 nitrogen and oxygen atoms in total. The van der Waals surface area contributed by atoms with E-state index < -0.39 is 0 Å². The zero-order chi connectivity index (χ0) is 8.43. The Morgan fingerprint density at radius 2 is 2.00 bits per heavy atom. The van der Waals surface area contributed by atoms with Gasteiger partial charge in [-0.2, -0.15) is 5.26 Å². The SMILES string of the molecule is [CH2]c1cc(Cl)cc(Cl)c1C#N. The lowest BCUT2D eigenvalue weighted by Gasteiger charge is -1.99. The summed E-state index contributed by atoms with van der Waals surface area (Å²) in [6.45, 7) is 3.62. The molecule has 0 N–H and O–H groups in total. The molecule has 0 fully saturated rings. The van der Waals surface area contributed by atoms with Gasteiger partial charge < -0.3 is 0 Å². The summed E-state index contributed by atoms with van der Waals surface area (Å²) in [5.41, 5.74) is 0.945. The van der Waals surface area contributed by atoms with E-state index in [0.717, 1.165) is 0 Å². The van der Waals surface area contributed by atoms with Gasteiger partial charge in [0.15, 0.2) is 0 Å². The van der Waals surface area contributed by atoms with E-state index in [-0.39, 0.29) is 0 Å². The zero-order valence-electron chi connectivity index (χ0n) is 5.56. The molecule has 11 heavy (non-hydrogen) atoms. The summed E-state index contributed by atoms with van der Waals surface area (Å²) in [5.74, 6) is 0. The molecule has 0 aliphatic rings. The monoisotopic (exact) mass is 184 g/mol. The first kappa shape index (κ1) is 8.39. The van der Waals surface area contributed by atoms with E-state index in [9.17, 15) is 0 Å². The van der Waals surface area contributed by atoms with Gasteiger partial charge in [0, 0.05) is 5.02 Å². The Kier molecular flexibility index (Phi) is 2.38. The molecule has 1 rings (SSSR count). The number of nitriles is 1. The molecule has 1 aromatic rings. The number of halogens is 2. The fourth-order valence-corrected chi connectivity index (χ4v) is 1.33. The van der Waals surface area contributed by atoms with Crippen LogP contribution in [-0.4, -0.2) is 0 Å². The van der Waals surface area contributed by atoms with Gasteiger partial charge >= 0.3 is 0 Å². The predicted molar refractivity (Wildman–Crippen MR) is 45.6 cm³/mol. The second kappa shape index (κ2) is 3.13. The molecule has 0 atom stereocenters. The lowest BCUT2D eigenvalue weighted by atomic mass is 10.1. The van der Waals surface area contributed by atoms with Gasteiger partial charge in [0.2, 0.25) is 0 Å². The number of nitrogens with zero attached hydrogens (tertiary/aromatic N) is 1. The fraction of sp³-hybridized carbons (Fsp3) is 0. The van der Waals surface area contributed by atoms with Gasteiger partial charge in [-0.1, -0.05) is 23.2 Å². The van der Waals surface area contributed by atoms with Crippen molar-refractivity contribution in [3.05, 3.63) is 40.2 Å². The second-order valence-electron chi connectivity index (χ2n) is 2.03. The van der Waals surface area contributed by atoms with Crippen LogP contribution in [0.15, 0.2) is 12.1 Å². The average Bonchev–Trinajstić information content (AvgIpc) is 1.85. The maximum absolute atomic E-state index is 8.57. The normalized spacial score (nSPS) is 9.27. The summed E-state index contributed by atoms with van der Waals surface area (Å²) in [4.78, 5) is 0. The molecule has 0 amide bonds. The van der Waals surface area contributed by atoms with Crippen molar-refractivity contribution < 1.29 is 0 Å². The summed E-state index contributed by atoms with van der Waals surface area (Å²) in [5, 5.41) is 9.42. The highest BCUT2D eigenvalue weighted by molar-refractivity contribution is 6.35. The highest BCUT2D eigenvalue weighted by Gasteiger charge is 2.03. The summed E-state index contributed by atoms with van der Waals surface area (Å²) >= 11 is 11.3. The van der Waals surface area contributed by atoms with Gasteiger partial charge in [-0.15, -0.1) is 0 Å². The minimum atomic E-state index is 0.352.